The second-order valence-electron chi connectivity index (χ2n) is 6.69. The Balaban J connectivity index is 1.59. The van der Waals surface area contributed by atoms with E-state index in [1.807, 2.05) is 0 Å². The quantitative estimate of drug-likeness (QED) is 0.490. The summed E-state index contributed by atoms with van der Waals surface area (Å²) in [7, 11) is -3.69. The fourth-order valence-electron chi connectivity index (χ4n) is 3.35. The van der Waals surface area contributed by atoms with Crippen LogP contribution in [-0.4, -0.2) is 25.8 Å². The highest BCUT2D eigenvalue weighted by Crippen LogP contribution is 2.34. The zero-order chi connectivity index (χ0) is 21.3. The van der Waals surface area contributed by atoms with Gasteiger partial charge < -0.3 is 9.73 Å². The molecule has 0 atom stereocenters. The van der Waals surface area contributed by atoms with Crippen molar-refractivity contribution in [3.63, 3.8) is 0 Å². The number of benzene rings is 2. The topological polar surface area (TPSA) is 123 Å². The molecule has 0 saturated heterocycles. The zero-order valence-corrected chi connectivity index (χ0v) is 16.5. The predicted molar refractivity (Wildman–Crippen MR) is 109 cm³/mol. The Morgan fingerprint density at radius 3 is 2.57 bits per heavy atom. The molecule has 10 heteroatoms. The summed E-state index contributed by atoms with van der Waals surface area (Å²) in [6.07, 6.45) is 1.30. The number of nitrogens with one attached hydrogen (secondary N) is 1. The zero-order valence-electron chi connectivity index (χ0n) is 15.6. The number of carbonyl (C=O) groups is 1. The van der Waals surface area contributed by atoms with Gasteiger partial charge in [0.15, 0.2) is 5.76 Å². The van der Waals surface area contributed by atoms with Crippen molar-refractivity contribution >= 4 is 33.2 Å². The summed E-state index contributed by atoms with van der Waals surface area (Å²) in [6.45, 7) is 0.367. The lowest BCUT2D eigenvalue weighted by Gasteiger charge is -2.30. The molecule has 1 amide bonds. The summed E-state index contributed by atoms with van der Waals surface area (Å²) in [5, 5.41) is 13.3. The number of hydrogen-bond acceptors (Lipinski definition) is 6. The molecule has 154 valence electrons. The maximum absolute atomic E-state index is 13.0. The fourth-order valence-corrected chi connectivity index (χ4v) is 4.91. The number of nitro groups is 1. The average molecular weight is 427 g/mol. The summed E-state index contributed by atoms with van der Waals surface area (Å²) >= 11 is 0. The Morgan fingerprint density at radius 2 is 1.87 bits per heavy atom. The van der Waals surface area contributed by atoms with Crippen LogP contribution in [0.3, 0.4) is 0 Å². The summed E-state index contributed by atoms with van der Waals surface area (Å²) in [4.78, 5) is 22.5. The third-order valence-corrected chi connectivity index (χ3v) is 6.57. The number of rotatable bonds is 5. The molecule has 0 unspecified atom stereocenters. The third-order valence-electron chi connectivity index (χ3n) is 4.74. The van der Waals surface area contributed by atoms with Gasteiger partial charge in [0.25, 0.3) is 15.9 Å². The normalized spacial score (nSPS) is 13.5. The molecule has 0 aliphatic carbocycles. The van der Waals surface area contributed by atoms with Crippen molar-refractivity contribution in [1.29, 1.82) is 0 Å². The van der Waals surface area contributed by atoms with Crippen molar-refractivity contribution in [2.75, 3.05) is 16.2 Å². The van der Waals surface area contributed by atoms with E-state index < -0.39 is 26.7 Å². The van der Waals surface area contributed by atoms with Crippen molar-refractivity contribution in [2.24, 2.45) is 0 Å². The molecule has 2 aromatic carbocycles. The van der Waals surface area contributed by atoms with Crippen LogP contribution >= 0.6 is 0 Å². The Labute approximate surface area is 172 Å². The first-order valence-corrected chi connectivity index (χ1v) is 10.6. The van der Waals surface area contributed by atoms with Gasteiger partial charge in [-0.15, -0.1) is 0 Å². The molecule has 0 bridgehead atoms. The molecule has 30 heavy (non-hydrogen) atoms. The van der Waals surface area contributed by atoms with E-state index in [-0.39, 0.29) is 10.7 Å². The Hall–Kier alpha value is -3.66. The van der Waals surface area contributed by atoms with Crippen LogP contribution in [0, 0.1) is 10.1 Å². The largest absolute Gasteiger partial charge is 0.433 e. The van der Waals surface area contributed by atoms with E-state index in [1.165, 1.54) is 10.4 Å². The standard InChI is InChI=1S/C20H17N3O6S/c24-20(18-10-11-19(29-18)23(25)26)21-15-8-9-17-14(13-15)5-4-12-22(17)30(27,28)16-6-2-1-3-7-16/h1-3,6-11,13H,4-5,12H2,(H,21,24). The van der Waals surface area contributed by atoms with Gasteiger partial charge in [-0.2, -0.15) is 0 Å². The monoisotopic (exact) mass is 427 g/mol. The van der Waals surface area contributed by atoms with Gasteiger partial charge in [0.05, 0.1) is 16.6 Å². The van der Waals surface area contributed by atoms with E-state index in [1.54, 1.807) is 48.5 Å². The number of aryl methyl sites for hydroxylation is 1. The molecule has 2 heterocycles. The maximum atomic E-state index is 13.0. The molecule has 3 aromatic rings. The van der Waals surface area contributed by atoms with Crippen LogP contribution in [0.2, 0.25) is 0 Å². The van der Waals surface area contributed by atoms with Gasteiger partial charge in [-0.25, -0.2) is 8.42 Å². The lowest BCUT2D eigenvalue weighted by molar-refractivity contribution is -0.402. The van der Waals surface area contributed by atoms with Crippen LogP contribution in [0.25, 0.3) is 0 Å². The highest BCUT2D eigenvalue weighted by molar-refractivity contribution is 7.92. The molecule has 0 fully saturated rings. The van der Waals surface area contributed by atoms with E-state index in [9.17, 15) is 23.3 Å². The van der Waals surface area contributed by atoms with Crippen molar-refractivity contribution < 1.29 is 22.6 Å². The first-order valence-electron chi connectivity index (χ1n) is 9.12. The number of fused-ring (bicyclic) bond motifs is 1. The first kappa shape index (κ1) is 19.6. The number of furan rings is 1. The molecule has 1 aliphatic heterocycles. The number of hydrogen-bond donors (Lipinski definition) is 1. The van der Waals surface area contributed by atoms with Crippen molar-refractivity contribution in [3.8, 4) is 0 Å². The molecule has 1 aromatic heterocycles. The Morgan fingerprint density at radius 1 is 1.10 bits per heavy atom. The smallest absolute Gasteiger partial charge is 0.395 e. The van der Waals surface area contributed by atoms with E-state index in [0.717, 1.165) is 11.6 Å². The van der Waals surface area contributed by atoms with Gasteiger partial charge in [0, 0.05) is 12.2 Å². The minimum absolute atomic E-state index is 0.187. The number of nitrogens with zero attached hydrogens (tertiary/aromatic N) is 2. The molecule has 4 rings (SSSR count). The summed E-state index contributed by atoms with van der Waals surface area (Å²) < 4.78 is 32.4. The summed E-state index contributed by atoms with van der Waals surface area (Å²) in [5.74, 6) is -1.34. The van der Waals surface area contributed by atoms with Gasteiger partial charge in [-0.05, 0) is 54.8 Å². The lowest BCUT2D eigenvalue weighted by Crippen LogP contribution is -2.35. The second-order valence-corrected chi connectivity index (χ2v) is 8.55. The number of anilines is 2. The van der Waals surface area contributed by atoms with E-state index in [4.69, 9.17) is 4.42 Å². The molecule has 1 aliphatic rings. The van der Waals surface area contributed by atoms with Crippen LogP contribution in [0.15, 0.2) is 70.0 Å². The average Bonchev–Trinajstić information content (AvgIpc) is 3.25. The lowest BCUT2D eigenvalue weighted by atomic mass is 10.0. The van der Waals surface area contributed by atoms with E-state index in [2.05, 4.69) is 5.32 Å². The summed E-state index contributed by atoms with van der Waals surface area (Å²) in [6, 6.07) is 15.5. The maximum Gasteiger partial charge on any atom is 0.433 e. The molecule has 9 nitrogen and oxygen atoms in total. The molecular formula is C20H17N3O6S. The third kappa shape index (κ3) is 3.64. The van der Waals surface area contributed by atoms with Crippen LogP contribution < -0.4 is 9.62 Å². The highest BCUT2D eigenvalue weighted by Gasteiger charge is 2.29. The van der Waals surface area contributed by atoms with Gasteiger partial charge >= 0.3 is 5.88 Å². The fraction of sp³-hybridized carbons (Fsp3) is 0.150. The highest BCUT2D eigenvalue weighted by atomic mass is 32.2. The molecule has 0 spiro atoms. The number of sulfonamides is 1. The van der Waals surface area contributed by atoms with Crippen molar-refractivity contribution in [1.82, 2.24) is 0 Å². The second kappa shape index (κ2) is 7.64. The van der Waals surface area contributed by atoms with Gasteiger partial charge in [0.1, 0.15) is 4.92 Å². The molecule has 1 N–H and O–H groups in total. The SMILES string of the molecule is O=C(Nc1ccc2c(c1)CCCN2S(=O)(=O)c1ccccc1)c1ccc([N+](=O)[O-])o1. The van der Waals surface area contributed by atoms with Crippen LogP contribution in [0.1, 0.15) is 22.5 Å². The Kier molecular flexibility index (Phi) is 5.00. The minimum atomic E-state index is -3.69. The molecular weight excluding hydrogens is 410 g/mol. The predicted octanol–water partition coefficient (Wildman–Crippen LogP) is 3.58. The number of amides is 1. The van der Waals surface area contributed by atoms with Crippen molar-refractivity contribution in [2.45, 2.75) is 17.7 Å². The minimum Gasteiger partial charge on any atom is -0.395 e. The molecule has 0 radical (unpaired) electrons. The Bertz CT molecular complexity index is 1220. The van der Waals surface area contributed by atoms with Gasteiger partial charge in [-0.3, -0.25) is 19.2 Å². The van der Waals surface area contributed by atoms with E-state index >= 15 is 0 Å². The van der Waals surface area contributed by atoms with Gasteiger partial charge in [0.2, 0.25) is 0 Å². The van der Waals surface area contributed by atoms with Gasteiger partial charge in [-0.1, -0.05) is 18.2 Å². The number of carbonyl (C=O) groups excluding carboxylic acids is 1. The van der Waals surface area contributed by atoms with Crippen LogP contribution in [-0.2, 0) is 16.4 Å². The first-order chi connectivity index (χ1) is 14.4. The van der Waals surface area contributed by atoms with E-state index in [0.29, 0.717) is 30.8 Å². The van der Waals surface area contributed by atoms with Crippen LogP contribution in [0.4, 0.5) is 17.3 Å². The summed E-state index contributed by atoms with van der Waals surface area (Å²) in [5.41, 5.74) is 1.79. The molecule has 0 saturated carbocycles. The van der Waals surface area contributed by atoms with Crippen LogP contribution in [0.5, 0.6) is 0 Å². The van der Waals surface area contributed by atoms with Crippen molar-refractivity contribution in [3.05, 3.63) is 82.1 Å².